The van der Waals surface area contributed by atoms with Gasteiger partial charge in [0.1, 0.15) is 11.1 Å². The van der Waals surface area contributed by atoms with E-state index in [4.69, 9.17) is 4.74 Å². The van der Waals surface area contributed by atoms with Crippen molar-refractivity contribution in [3.63, 3.8) is 0 Å². The molecule has 1 heterocycles. The molecule has 0 aromatic heterocycles. The first-order chi connectivity index (χ1) is 14.4. The Labute approximate surface area is 179 Å². The lowest BCUT2D eigenvalue weighted by Gasteiger charge is -2.16. The number of rotatable bonds is 7. The van der Waals surface area contributed by atoms with E-state index in [1.807, 2.05) is 26.0 Å². The second kappa shape index (κ2) is 9.86. The maximum absolute atomic E-state index is 13.0. The van der Waals surface area contributed by atoms with Crippen LogP contribution in [-0.2, 0) is 14.3 Å². The second-order valence-corrected chi connectivity index (χ2v) is 8.26. The number of benzene rings is 2. The van der Waals surface area contributed by atoms with Gasteiger partial charge in [0.25, 0.3) is 0 Å². The van der Waals surface area contributed by atoms with Crippen LogP contribution in [0.1, 0.15) is 17.5 Å². The molecule has 1 unspecified atom stereocenters. The van der Waals surface area contributed by atoms with Gasteiger partial charge in [-0.15, -0.1) is 0 Å². The summed E-state index contributed by atoms with van der Waals surface area (Å²) in [6, 6.07) is 11.5. The number of amides is 2. The Morgan fingerprint density at radius 3 is 2.50 bits per heavy atom. The Balaban J connectivity index is 1.75. The molecule has 1 N–H and O–H groups in total. The number of carbonyl (C=O) groups excluding carboxylic acids is 2. The fraction of sp³-hybridized carbons (Fsp3) is 0.318. The maximum Gasteiger partial charge on any atom is 0.242 e. The molecule has 1 aliphatic rings. The number of halogens is 1. The molecule has 0 aliphatic carbocycles. The number of aryl methyl sites for hydroxylation is 2. The highest BCUT2D eigenvalue weighted by Gasteiger charge is 2.39. The van der Waals surface area contributed by atoms with Crippen molar-refractivity contribution in [1.29, 1.82) is 0 Å². The average Bonchev–Trinajstić information content (AvgIpc) is 2.95. The molecular weight excluding hydrogens is 405 g/mol. The number of methoxy groups -OCH3 is 1. The molecule has 0 radical (unpaired) electrons. The predicted molar refractivity (Wildman–Crippen MR) is 118 cm³/mol. The van der Waals surface area contributed by atoms with Crippen molar-refractivity contribution in [3.05, 3.63) is 59.4 Å². The summed E-state index contributed by atoms with van der Waals surface area (Å²) < 4.78 is 18.2. The van der Waals surface area contributed by atoms with E-state index >= 15 is 0 Å². The Hall–Kier alpha value is -2.71. The van der Waals surface area contributed by atoms with E-state index in [2.05, 4.69) is 16.4 Å². The first kappa shape index (κ1) is 22.0. The van der Waals surface area contributed by atoms with Gasteiger partial charge in [0.2, 0.25) is 11.8 Å². The van der Waals surface area contributed by atoms with Crippen LogP contribution in [0, 0.1) is 19.7 Å². The average molecular weight is 430 g/mol. The summed E-state index contributed by atoms with van der Waals surface area (Å²) in [5, 5.41) is 2.68. The topological polar surface area (TPSA) is 71.0 Å². The first-order valence-corrected chi connectivity index (χ1v) is 10.4. The largest absolute Gasteiger partial charge is 0.383 e. The molecule has 2 aromatic carbocycles. The monoisotopic (exact) mass is 429 g/mol. The number of nitrogens with zero attached hydrogens (tertiary/aromatic N) is 2. The first-order valence-electron chi connectivity index (χ1n) is 9.55. The second-order valence-electron chi connectivity index (χ2n) is 7.09. The van der Waals surface area contributed by atoms with Crippen LogP contribution in [-0.4, -0.2) is 47.4 Å². The summed E-state index contributed by atoms with van der Waals surface area (Å²) in [4.78, 5) is 31.6. The number of nitrogens with one attached hydrogen (secondary N) is 1. The molecule has 8 heteroatoms. The molecule has 1 saturated heterocycles. The lowest BCUT2D eigenvalue weighted by atomic mass is 10.1. The van der Waals surface area contributed by atoms with Crippen LogP contribution in [0.4, 0.5) is 15.8 Å². The zero-order valence-corrected chi connectivity index (χ0v) is 18.0. The van der Waals surface area contributed by atoms with Gasteiger partial charge in [0.05, 0.1) is 18.8 Å². The van der Waals surface area contributed by atoms with Crippen LogP contribution < -0.4 is 5.32 Å². The van der Waals surface area contributed by atoms with E-state index in [9.17, 15) is 14.0 Å². The fourth-order valence-corrected chi connectivity index (χ4v) is 4.34. The standard InChI is InChI=1S/C22H24FN3O3S/c1-14-10-15(2)12-18(11-14)25-22-26(8-9-29-3)21(28)19(30-22)13-20(27)24-17-6-4-16(23)5-7-17/h4-7,10-12,19H,8-9,13H2,1-3H3,(H,24,27). The molecule has 1 fully saturated rings. The summed E-state index contributed by atoms with van der Waals surface area (Å²) >= 11 is 1.28. The van der Waals surface area contributed by atoms with E-state index in [-0.39, 0.29) is 24.1 Å². The Kier molecular flexibility index (Phi) is 7.23. The van der Waals surface area contributed by atoms with Crippen molar-refractivity contribution in [2.24, 2.45) is 4.99 Å². The molecule has 30 heavy (non-hydrogen) atoms. The van der Waals surface area contributed by atoms with Crippen molar-refractivity contribution >= 4 is 40.1 Å². The summed E-state index contributed by atoms with van der Waals surface area (Å²) in [5.41, 5.74) is 3.42. The molecule has 6 nitrogen and oxygen atoms in total. The predicted octanol–water partition coefficient (Wildman–Crippen LogP) is 4.05. The highest BCUT2D eigenvalue weighted by molar-refractivity contribution is 8.15. The van der Waals surface area contributed by atoms with Crippen LogP contribution in [0.15, 0.2) is 47.5 Å². The van der Waals surface area contributed by atoms with Crippen molar-refractivity contribution in [2.45, 2.75) is 25.5 Å². The van der Waals surface area contributed by atoms with Gasteiger partial charge in [0, 0.05) is 19.2 Å². The summed E-state index contributed by atoms with van der Waals surface area (Å²) in [5.74, 6) is -0.864. The number of carbonyl (C=O) groups is 2. The molecule has 0 spiro atoms. The molecule has 1 aliphatic heterocycles. The van der Waals surface area contributed by atoms with Crippen molar-refractivity contribution < 1.29 is 18.7 Å². The van der Waals surface area contributed by atoms with E-state index < -0.39 is 5.25 Å². The number of thioether (sulfide) groups is 1. The number of aliphatic imine (C=N–C) groups is 1. The zero-order chi connectivity index (χ0) is 21.7. The molecule has 0 saturated carbocycles. The third-order valence-electron chi connectivity index (χ3n) is 4.47. The van der Waals surface area contributed by atoms with Crippen molar-refractivity contribution in [3.8, 4) is 0 Å². The van der Waals surface area contributed by atoms with Crippen LogP contribution in [0.3, 0.4) is 0 Å². The van der Waals surface area contributed by atoms with Gasteiger partial charge in [-0.05, 0) is 61.4 Å². The minimum atomic E-state index is -0.577. The third-order valence-corrected chi connectivity index (χ3v) is 5.64. The van der Waals surface area contributed by atoms with E-state index in [1.54, 1.807) is 12.0 Å². The smallest absolute Gasteiger partial charge is 0.242 e. The SMILES string of the molecule is COCCN1C(=O)C(CC(=O)Nc2ccc(F)cc2)SC1=Nc1cc(C)cc(C)c1. The molecule has 2 aromatic rings. The highest BCUT2D eigenvalue weighted by atomic mass is 32.2. The van der Waals surface area contributed by atoms with Crippen molar-refractivity contribution in [2.75, 3.05) is 25.6 Å². The quantitative estimate of drug-likeness (QED) is 0.721. The number of amidine groups is 1. The number of hydrogen-bond acceptors (Lipinski definition) is 5. The van der Waals surface area contributed by atoms with E-state index in [1.165, 1.54) is 36.0 Å². The Morgan fingerprint density at radius 1 is 1.20 bits per heavy atom. The van der Waals surface area contributed by atoms with E-state index in [0.717, 1.165) is 16.8 Å². The maximum atomic E-state index is 13.0. The third kappa shape index (κ3) is 5.67. The van der Waals surface area contributed by atoms with Gasteiger partial charge in [-0.2, -0.15) is 0 Å². The molecule has 3 rings (SSSR count). The minimum Gasteiger partial charge on any atom is -0.383 e. The summed E-state index contributed by atoms with van der Waals surface area (Å²) in [6.45, 7) is 4.72. The lowest BCUT2D eigenvalue weighted by Crippen LogP contribution is -2.35. The van der Waals surface area contributed by atoms with Crippen LogP contribution in [0.5, 0.6) is 0 Å². The van der Waals surface area contributed by atoms with Gasteiger partial charge in [0.15, 0.2) is 5.17 Å². The molecule has 2 amide bonds. The van der Waals surface area contributed by atoms with Gasteiger partial charge < -0.3 is 10.1 Å². The number of ether oxygens (including phenoxy) is 1. The Bertz CT molecular complexity index is 942. The van der Waals surface area contributed by atoms with Crippen LogP contribution in [0.2, 0.25) is 0 Å². The lowest BCUT2D eigenvalue weighted by molar-refractivity contribution is -0.128. The number of anilines is 1. The fourth-order valence-electron chi connectivity index (χ4n) is 3.15. The van der Waals surface area contributed by atoms with Crippen LogP contribution >= 0.6 is 11.8 Å². The van der Waals surface area contributed by atoms with Crippen molar-refractivity contribution in [1.82, 2.24) is 4.90 Å². The zero-order valence-electron chi connectivity index (χ0n) is 17.1. The minimum absolute atomic E-state index is 0.00375. The normalized spacial score (nSPS) is 17.6. The summed E-state index contributed by atoms with van der Waals surface area (Å²) in [7, 11) is 1.57. The molecule has 1 atom stereocenters. The van der Waals surface area contributed by atoms with Gasteiger partial charge in [-0.1, -0.05) is 17.8 Å². The molecular formula is C22H24FN3O3S. The van der Waals surface area contributed by atoms with Gasteiger partial charge in [-0.3, -0.25) is 14.5 Å². The highest BCUT2D eigenvalue weighted by Crippen LogP contribution is 2.32. The Morgan fingerprint density at radius 2 is 1.87 bits per heavy atom. The summed E-state index contributed by atoms with van der Waals surface area (Å²) in [6.07, 6.45) is -0.00375. The molecule has 0 bridgehead atoms. The van der Waals surface area contributed by atoms with Gasteiger partial charge >= 0.3 is 0 Å². The number of hydrogen-bond donors (Lipinski definition) is 1. The van der Waals surface area contributed by atoms with E-state index in [0.29, 0.717) is 24.0 Å². The molecule has 158 valence electrons. The van der Waals surface area contributed by atoms with Crippen LogP contribution in [0.25, 0.3) is 0 Å². The van der Waals surface area contributed by atoms with Gasteiger partial charge in [-0.25, -0.2) is 9.38 Å².